The van der Waals surface area contributed by atoms with Gasteiger partial charge in [0.25, 0.3) is 5.91 Å². The predicted molar refractivity (Wildman–Crippen MR) is 111 cm³/mol. The van der Waals surface area contributed by atoms with Gasteiger partial charge < -0.3 is 10.4 Å². The van der Waals surface area contributed by atoms with Crippen LogP contribution in [0.15, 0.2) is 78.5 Å². The zero-order valence-corrected chi connectivity index (χ0v) is 16.0. The van der Waals surface area contributed by atoms with E-state index in [0.29, 0.717) is 21.7 Å². The van der Waals surface area contributed by atoms with Gasteiger partial charge in [-0.2, -0.15) is 0 Å². The molecule has 0 fully saturated rings. The fourth-order valence-corrected chi connectivity index (χ4v) is 3.21. The van der Waals surface area contributed by atoms with Gasteiger partial charge in [-0.15, -0.1) is 0 Å². The first-order valence-corrected chi connectivity index (χ1v) is 9.08. The maximum Gasteiger partial charge on any atom is 0.352 e. The van der Waals surface area contributed by atoms with Gasteiger partial charge >= 0.3 is 5.97 Å². The van der Waals surface area contributed by atoms with E-state index in [1.165, 1.54) is 6.08 Å². The molecular formula is C22H15Cl2NO3. The SMILES string of the molecule is O=C(O)/C(=C/c1c(Cl)ccc(-c2ccccc2)c1Cl)NC(=O)c1ccccc1. The third-order valence-corrected chi connectivity index (χ3v) is 4.75. The maximum absolute atomic E-state index is 12.3. The summed E-state index contributed by atoms with van der Waals surface area (Å²) in [6.07, 6.45) is 1.26. The number of amides is 1. The van der Waals surface area contributed by atoms with Crippen molar-refractivity contribution in [1.29, 1.82) is 0 Å². The Labute approximate surface area is 172 Å². The van der Waals surface area contributed by atoms with Crippen LogP contribution in [0.5, 0.6) is 0 Å². The lowest BCUT2D eigenvalue weighted by Gasteiger charge is -2.11. The maximum atomic E-state index is 12.3. The second kappa shape index (κ2) is 8.74. The number of carbonyl (C=O) groups excluding carboxylic acids is 1. The highest BCUT2D eigenvalue weighted by Crippen LogP contribution is 2.36. The van der Waals surface area contributed by atoms with Crippen molar-refractivity contribution in [2.24, 2.45) is 0 Å². The summed E-state index contributed by atoms with van der Waals surface area (Å²) in [6.45, 7) is 0. The molecule has 0 saturated heterocycles. The number of carboxylic acids is 1. The van der Waals surface area contributed by atoms with Crippen LogP contribution in [0.4, 0.5) is 0 Å². The van der Waals surface area contributed by atoms with Crippen molar-refractivity contribution >= 4 is 41.2 Å². The van der Waals surface area contributed by atoms with Crippen LogP contribution in [0.2, 0.25) is 10.0 Å². The summed E-state index contributed by atoms with van der Waals surface area (Å²) in [5, 5.41) is 12.5. The fourth-order valence-electron chi connectivity index (χ4n) is 2.62. The van der Waals surface area contributed by atoms with E-state index in [1.54, 1.807) is 42.5 Å². The normalized spacial score (nSPS) is 11.1. The van der Waals surface area contributed by atoms with E-state index >= 15 is 0 Å². The minimum Gasteiger partial charge on any atom is -0.477 e. The zero-order valence-electron chi connectivity index (χ0n) is 14.5. The van der Waals surface area contributed by atoms with Crippen LogP contribution in [0, 0.1) is 0 Å². The van der Waals surface area contributed by atoms with E-state index in [4.69, 9.17) is 23.2 Å². The van der Waals surface area contributed by atoms with Gasteiger partial charge in [-0.25, -0.2) is 4.79 Å². The monoisotopic (exact) mass is 411 g/mol. The van der Waals surface area contributed by atoms with E-state index in [1.807, 2.05) is 30.3 Å². The van der Waals surface area contributed by atoms with E-state index in [-0.39, 0.29) is 10.7 Å². The Morgan fingerprint density at radius 1 is 0.857 bits per heavy atom. The number of benzene rings is 3. The lowest BCUT2D eigenvalue weighted by atomic mass is 10.0. The zero-order chi connectivity index (χ0) is 20.1. The van der Waals surface area contributed by atoms with Gasteiger partial charge in [0.05, 0.1) is 5.02 Å². The minimum absolute atomic E-state index is 0.275. The van der Waals surface area contributed by atoms with Gasteiger partial charge in [-0.05, 0) is 29.8 Å². The highest BCUT2D eigenvalue weighted by molar-refractivity contribution is 6.39. The Morgan fingerprint density at radius 3 is 2.07 bits per heavy atom. The molecule has 2 N–H and O–H groups in total. The van der Waals surface area contributed by atoms with Crippen molar-refractivity contribution in [2.75, 3.05) is 0 Å². The Morgan fingerprint density at radius 2 is 1.46 bits per heavy atom. The molecule has 1 amide bonds. The number of hydrogen-bond acceptors (Lipinski definition) is 2. The molecule has 4 nitrogen and oxygen atoms in total. The number of carboxylic acid groups (broad SMARTS) is 1. The van der Waals surface area contributed by atoms with Crippen LogP contribution in [0.3, 0.4) is 0 Å². The van der Waals surface area contributed by atoms with Crippen LogP contribution in [-0.2, 0) is 4.79 Å². The number of halogens is 2. The number of rotatable bonds is 5. The molecule has 3 aromatic carbocycles. The average molecular weight is 412 g/mol. The molecule has 0 aromatic heterocycles. The van der Waals surface area contributed by atoms with E-state index in [0.717, 1.165) is 5.56 Å². The number of carbonyl (C=O) groups is 2. The summed E-state index contributed by atoms with van der Waals surface area (Å²) in [4.78, 5) is 24.0. The molecule has 0 aliphatic rings. The molecule has 0 atom stereocenters. The smallest absolute Gasteiger partial charge is 0.352 e. The molecule has 3 aromatic rings. The summed E-state index contributed by atoms with van der Waals surface area (Å²) in [5.41, 5.74) is 1.89. The highest BCUT2D eigenvalue weighted by atomic mass is 35.5. The Bertz CT molecular complexity index is 1050. The molecular weight excluding hydrogens is 397 g/mol. The van der Waals surface area contributed by atoms with E-state index in [2.05, 4.69) is 5.32 Å². The standard InChI is InChI=1S/C22H15Cl2NO3/c23-18-12-11-16(14-7-3-1-4-8-14)20(24)17(18)13-19(22(27)28)25-21(26)15-9-5-2-6-10-15/h1-13H,(H,25,26)(H,27,28)/b19-13-. The molecule has 0 bridgehead atoms. The third kappa shape index (κ3) is 4.42. The van der Waals surface area contributed by atoms with Crippen molar-refractivity contribution in [3.63, 3.8) is 0 Å². The lowest BCUT2D eigenvalue weighted by Crippen LogP contribution is -2.27. The average Bonchev–Trinajstić information content (AvgIpc) is 2.71. The first kappa shape index (κ1) is 19.7. The van der Waals surface area contributed by atoms with Crippen molar-refractivity contribution in [3.8, 4) is 11.1 Å². The molecule has 6 heteroatoms. The molecule has 3 rings (SSSR count). The highest BCUT2D eigenvalue weighted by Gasteiger charge is 2.17. The van der Waals surface area contributed by atoms with E-state index < -0.39 is 11.9 Å². The predicted octanol–water partition coefficient (Wildman–Crippen LogP) is 5.52. The number of aliphatic carboxylic acids is 1. The van der Waals surface area contributed by atoms with Crippen LogP contribution in [-0.4, -0.2) is 17.0 Å². The summed E-state index contributed by atoms with van der Waals surface area (Å²) in [5.74, 6) is -1.85. The Hall–Kier alpha value is -3.08. The molecule has 140 valence electrons. The second-order valence-corrected chi connectivity index (χ2v) is 6.66. The van der Waals surface area contributed by atoms with Gasteiger partial charge in [-0.1, -0.05) is 77.8 Å². The van der Waals surface area contributed by atoms with Crippen LogP contribution < -0.4 is 5.32 Å². The molecule has 0 heterocycles. The summed E-state index contributed by atoms with van der Waals surface area (Å²) < 4.78 is 0. The van der Waals surface area contributed by atoms with Gasteiger partial charge in [0, 0.05) is 21.7 Å². The van der Waals surface area contributed by atoms with Crippen molar-refractivity contribution < 1.29 is 14.7 Å². The van der Waals surface area contributed by atoms with Crippen LogP contribution in [0.1, 0.15) is 15.9 Å². The minimum atomic E-state index is -1.30. The largest absolute Gasteiger partial charge is 0.477 e. The van der Waals surface area contributed by atoms with E-state index in [9.17, 15) is 14.7 Å². The Kier molecular flexibility index (Phi) is 6.14. The number of nitrogens with one attached hydrogen (secondary N) is 1. The lowest BCUT2D eigenvalue weighted by molar-refractivity contribution is -0.132. The first-order chi connectivity index (χ1) is 13.5. The fraction of sp³-hybridized carbons (Fsp3) is 0. The summed E-state index contributed by atoms with van der Waals surface area (Å²) >= 11 is 12.8. The molecule has 0 radical (unpaired) electrons. The summed E-state index contributed by atoms with van der Waals surface area (Å²) in [7, 11) is 0. The van der Waals surface area contributed by atoms with Gasteiger partial charge in [0.1, 0.15) is 5.70 Å². The topological polar surface area (TPSA) is 66.4 Å². The molecule has 0 aliphatic heterocycles. The van der Waals surface area contributed by atoms with Crippen LogP contribution in [0.25, 0.3) is 17.2 Å². The van der Waals surface area contributed by atoms with Gasteiger partial charge in [0.15, 0.2) is 0 Å². The van der Waals surface area contributed by atoms with Crippen LogP contribution >= 0.6 is 23.2 Å². The second-order valence-electron chi connectivity index (χ2n) is 5.87. The van der Waals surface area contributed by atoms with Gasteiger partial charge in [0.2, 0.25) is 0 Å². The first-order valence-electron chi connectivity index (χ1n) is 8.32. The molecule has 0 aliphatic carbocycles. The van der Waals surface area contributed by atoms with Gasteiger partial charge in [-0.3, -0.25) is 4.79 Å². The molecule has 28 heavy (non-hydrogen) atoms. The summed E-state index contributed by atoms with van der Waals surface area (Å²) in [6, 6.07) is 21.1. The van der Waals surface area contributed by atoms with Crippen molar-refractivity contribution in [3.05, 3.63) is 99.7 Å². The molecule has 0 saturated carbocycles. The quantitative estimate of drug-likeness (QED) is 0.543. The van der Waals surface area contributed by atoms with Crippen molar-refractivity contribution in [1.82, 2.24) is 5.32 Å². The third-order valence-electron chi connectivity index (χ3n) is 4.01. The molecule has 0 unspecified atom stereocenters. The number of hydrogen-bond donors (Lipinski definition) is 2. The Balaban J connectivity index is 2.01. The molecule has 0 spiro atoms. The van der Waals surface area contributed by atoms with Crippen molar-refractivity contribution in [2.45, 2.75) is 0 Å².